The van der Waals surface area contributed by atoms with Crippen LogP contribution >= 0.6 is 0 Å². The number of carbonyl (C=O) groups is 1. The van der Waals surface area contributed by atoms with E-state index in [1.807, 2.05) is 0 Å². The van der Waals surface area contributed by atoms with Gasteiger partial charge in [-0.1, -0.05) is 20.8 Å². The number of aliphatic carboxylic acids is 1. The van der Waals surface area contributed by atoms with Gasteiger partial charge in [0.2, 0.25) is 0 Å². The first kappa shape index (κ1) is 28.7. The van der Waals surface area contributed by atoms with Crippen molar-refractivity contribution in [3.05, 3.63) is 0 Å². The van der Waals surface area contributed by atoms with Crippen molar-refractivity contribution in [3.63, 3.8) is 0 Å². The Morgan fingerprint density at radius 2 is 1.66 bits per heavy atom. The van der Waals surface area contributed by atoms with Crippen LogP contribution in [0.5, 0.6) is 0 Å². The molecule has 1 saturated heterocycles. The first-order chi connectivity index (χ1) is 18.0. The molecule has 0 spiro atoms. The fraction of sp³-hybridized carbons (Fsp3) is 0.967. The average molecular weight is 539 g/mol. The summed E-state index contributed by atoms with van der Waals surface area (Å²) < 4.78 is 11.8. The van der Waals surface area contributed by atoms with Crippen LogP contribution in [0.3, 0.4) is 0 Å². The van der Waals surface area contributed by atoms with Crippen molar-refractivity contribution in [2.24, 2.45) is 46.3 Å². The Labute approximate surface area is 227 Å². The summed E-state index contributed by atoms with van der Waals surface area (Å²) in [4.78, 5) is 11.2. The molecule has 1 aliphatic heterocycles. The maximum absolute atomic E-state index is 11.2. The van der Waals surface area contributed by atoms with Gasteiger partial charge in [-0.3, -0.25) is 4.79 Å². The van der Waals surface area contributed by atoms with E-state index < -0.39 is 43.3 Å². The minimum absolute atomic E-state index is 0.0779. The van der Waals surface area contributed by atoms with Gasteiger partial charge >= 0.3 is 5.97 Å². The number of aliphatic hydroxyl groups excluding tert-OH is 4. The molecule has 5 fully saturated rings. The topological polar surface area (TPSA) is 137 Å². The molecule has 0 aromatic heterocycles. The number of fused-ring (bicyclic) bond motifs is 5. The van der Waals surface area contributed by atoms with Crippen molar-refractivity contribution in [3.8, 4) is 0 Å². The second kappa shape index (κ2) is 10.9. The highest BCUT2D eigenvalue weighted by Crippen LogP contribution is 2.68. The van der Waals surface area contributed by atoms with E-state index in [-0.39, 0.29) is 17.9 Å². The molecule has 4 aliphatic carbocycles. The molecule has 4 saturated carbocycles. The van der Waals surface area contributed by atoms with Gasteiger partial charge in [-0.25, -0.2) is 0 Å². The number of carboxylic acid groups (broad SMARTS) is 1. The SMILES string of the molecule is C[C@H](CCC(=O)O)[C@H]1CC[C@H]2[C@@H]3CCC4C[C@H](OC5O[C@H](CO)[C@@H](O)[C@H](O)[C@H]5O)CC[C@]4(C)[C@H]3CC[C@]12C. The Balaban J connectivity index is 1.23. The molecule has 2 unspecified atom stereocenters. The van der Waals surface area contributed by atoms with Gasteiger partial charge in [-0.05, 0) is 111 Å². The zero-order chi connectivity index (χ0) is 27.4. The lowest BCUT2D eigenvalue weighted by molar-refractivity contribution is -0.316. The molecule has 218 valence electrons. The van der Waals surface area contributed by atoms with Gasteiger partial charge in [-0.2, -0.15) is 0 Å². The Morgan fingerprint density at radius 1 is 0.947 bits per heavy atom. The van der Waals surface area contributed by atoms with E-state index in [0.29, 0.717) is 29.1 Å². The summed E-state index contributed by atoms with van der Waals surface area (Å²) in [6.07, 6.45) is 5.16. The van der Waals surface area contributed by atoms with E-state index in [9.17, 15) is 30.3 Å². The van der Waals surface area contributed by atoms with E-state index >= 15 is 0 Å². The van der Waals surface area contributed by atoms with E-state index in [1.165, 1.54) is 38.5 Å². The van der Waals surface area contributed by atoms with Crippen molar-refractivity contribution in [1.82, 2.24) is 0 Å². The second-order valence-electron chi connectivity index (χ2n) is 14.0. The van der Waals surface area contributed by atoms with Gasteiger partial charge in [0.25, 0.3) is 0 Å². The van der Waals surface area contributed by atoms with Crippen LogP contribution in [0.15, 0.2) is 0 Å². The number of hydrogen-bond donors (Lipinski definition) is 5. The molecule has 0 aromatic carbocycles. The molecule has 8 nitrogen and oxygen atoms in total. The monoisotopic (exact) mass is 538 g/mol. The third-order valence-electron chi connectivity index (χ3n) is 12.4. The highest BCUT2D eigenvalue weighted by atomic mass is 16.7. The molecular weight excluding hydrogens is 488 g/mol. The Hall–Kier alpha value is -0.770. The van der Waals surface area contributed by atoms with Crippen LogP contribution < -0.4 is 0 Å². The van der Waals surface area contributed by atoms with Crippen LogP contribution in [0.4, 0.5) is 0 Å². The van der Waals surface area contributed by atoms with Crippen molar-refractivity contribution in [2.45, 2.75) is 128 Å². The summed E-state index contributed by atoms with van der Waals surface area (Å²) in [7, 11) is 0. The lowest BCUT2D eigenvalue weighted by atomic mass is 9.44. The summed E-state index contributed by atoms with van der Waals surface area (Å²) in [5.41, 5.74) is 0.595. The number of rotatable bonds is 7. The number of carboxylic acids is 1. The summed E-state index contributed by atoms with van der Waals surface area (Å²) in [5, 5.41) is 49.4. The zero-order valence-electron chi connectivity index (χ0n) is 23.4. The van der Waals surface area contributed by atoms with Crippen molar-refractivity contribution >= 4 is 5.97 Å². The average Bonchev–Trinajstić information content (AvgIpc) is 3.25. The summed E-state index contributed by atoms with van der Waals surface area (Å²) >= 11 is 0. The molecule has 5 aliphatic rings. The molecule has 1 heterocycles. The first-order valence-electron chi connectivity index (χ1n) is 15.2. The van der Waals surface area contributed by atoms with Crippen LogP contribution in [-0.2, 0) is 14.3 Å². The maximum Gasteiger partial charge on any atom is 0.303 e. The third kappa shape index (κ3) is 4.85. The number of hydrogen-bond acceptors (Lipinski definition) is 7. The normalized spacial score (nSPS) is 51.5. The molecule has 14 atom stereocenters. The predicted octanol–water partition coefficient (Wildman–Crippen LogP) is 3.33. The summed E-state index contributed by atoms with van der Waals surface area (Å²) in [6.45, 7) is 6.85. The largest absolute Gasteiger partial charge is 0.481 e. The quantitative estimate of drug-likeness (QED) is 0.311. The van der Waals surface area contributed by atoms with Crippen molar-refractivity contribution in [2.75, 3.05) is 6.61 Å². The predicted molar refractivity (Wildman–Crippen MR) is 140 cm³/mol. The Kier molecular flexibility index (Phi) is 8.25. The summed E-state index contributed by atoms with van der Waals surface area (Å²) in [6, 6.07) is 0. The fourth-order valence-corrected chi connectivity index (χ4v) is 10.2. The maximum atomic E-state index is 11.2. The zero-order valence-corrected chi connectivity index (χ0v) is 23.4. The van der Waals surface area contributed by atoms with E-state index in [4.69, 9.17) is 9.47 Å². The number of ether oxygens (including phenoxy) is 2. The molecule has 38 heavy (non-hydrogen) atoms. The molecule has 5 N–H and O–H groups in total. The molecule has 5 rings (SSSR count). The van der Waals surface area contributed by atoms with Gasteiger partial charge in [0.05, 0.1) is 12.7 Å². The molecule has 0 aromatic rings. The van der Waals surface area contributed by atoms with Crippen LogP contribution in [-0.4, -0.2) is 74.9 Å². The third-order valence-corrected chi connectivity index (χ3v) is 12.4. The fourth-order valence-electron chi connectivity index (χ4n) is 10.2. The van der Waals surface area contributed by atoms with Gasteiger partial charge in [-0.15, -0.1) is 0 Å². The van der Waals surface area contributed by atoms with Gasteiger partial charge in [0.1, 0.15) is 24.4 Å². The van der Waals surface area contributed by atoms with E-state index in [1.54, 1.807) is 0 Å². The van der Waals surface area contributed by atoms with E-state index in [2.05, 4.69) is 20.8 Å². The molecule has 8 heteroatoms. The van der Waals surface area contributed by atoms with Gasteiger partial charge in [0, 0.05) is 6.42 Å². The highest BCUT2D eigenvalue weighted by molar-refractivity contribution is 5.66. The minimum Gasteiger partial charge on any atom is -0.481 e. The first-order valence-corrected chi connectivity index (χ1v) is 15.2. The Bertz CT molecular complexity index is 850. The minimum atomic E-state index is -1.41. The van der Waals surface area contributed by atoms with Crippen molar-refractivity contribution < 1.29 is 39.8 Å². The van der Waals surface area contributed by atoms with Gasteiger partial charge in [0.15, 0.2) is 6.29 Å². The van der Waals surface area contributed by atoms with Gasteiger partial charge < -0.3 is 35.0 Å². The van der Waals surface area contributed by atoms with Crippen LogP contribution in [0.1, 0.15) is 91.4 Å². The molecule has 0 radical (unpaired) electrons. The lowest BCUT2D eigenvalue weighted by Gasteiger charge is -2.61. The lowest BCUT2D eigenvalue weighted by Crippen LogP contribution is -2.60. The number of aliphatic hydroxyl groups is 4. The summed E-state index contributed by atoms with van der Waals surface area (Å²) in [5.74, 6) is 3.14. The van der Waals surface area contributed by atoms with Crippen LogP contribution in [0.25, 0.3) is 0 Å². The van der Waals surface area contributed by atoms with Crippen LogP contribution in [0.2, 0.25) is 0 Å². The second-order valence-corrected chi connectivity index (χ2v) is 14.0. The smallest absolute Gasteiger partial charge is 0.303 e. The Morgan fingerprint density at radius 3 is 2.37 bits per heavy atom. The van der Waals surface area contributed by atoms with Crippen LogP contribution in [0, 0.1) is 46.3 Å². The van der Waals surface area contributed by atoms with Crippen molar-refractivity contribution in [1.29, 1.82) is 0 Å². The molecular formula is C30H50O8. The molecule has 0 amide bonds. The van der Waals surface area contributed by atoms with E-state index in [0.717, 1.165) is 37.5 Å². The highest BCUT2D eigenvalue weighted by Gasteiger charge is 2.61. The standard InChI is InChI=1S/C30H50O8/c1-16(4-9-24(32)33)20-7-8-21-19-6-5-17-14-18(10-12-29(17,2)22(19)11-13-30(20,21)3)37-28-27(36)26(35)25(34)23(15-31)38-28/h16-23,25-28,31,34-36H,4-15H2,1-3H3,(H,32,33)/t16-,17?,18-,19+,20-,21+,22+,23-,25-,26+,27-,28?,29+,30-/m1/s1. The molecule has 0 bridgehead atoms.